The number of hydrogen-bond donors (Lipinski definition) is 1. The van der Waals surface area contributed by atoms with Gasteiger partial charge in [0.2, 0.25) is 0 Å². The zero-order valence-electron chi connectivity index (χ0n) is 18.2. The summed E-state index contributed by atoms with van der Waals surface area (Å²) in [4.78, 5) is 23.8. The summed E-state index contributed by atoms with van der Waals surface area (Å²) in [6.07, 6.45) is -10.2. The number of methoxy groups -OCH3 is 2. The highest BCUT2D eigenvalue weighted by Gasteiger charge is 2.39. The van der Waals surface area contributed by atoms with Crippen molar-refractivity contribution in [1.29, 1.82) is 0 Å². The first-order chi connectivity index (χ1) is 16.3. The predicted molar refractivity (Wildman–Crippen MR) is 115 cm³/mol. The molecule has 184 valence electrons. The summed E-state index contributed by atoms with van der Waals surface area (Å²) in [5, 5.41) is 1.52. The van der Waals surface area contributed by atoms with Crippen LogP contribution in [0, 0.1) is 0 Å². The topological polar surface area (TPSA) is 64.6 Å². The van der Waals surface area contributed by atoms with Gasteiger partial charge in [-0.15, -0.1) is 0 Å². The molecule has 3 rings (SSSR count). The summed E-state index contributed by atoms with van der Waals surface area (Å²) in [5.74, 6) is -2.89. The zero-order valence-corrected chi connectivity index (χ0v) is 18.2. The molecule has 0 bridgehead atoms. The van der Waals surface area contributed by atoms with Crippen molar-refractivity contribution >= 4 is 17.6 Å². The van der Waals surface area contributed by atoms with Crippen LogP contribution >= 0.6 is 0 Å². The van der Waals surface area contributed by atoms with Crippen LogP contribution in [-0.4, -0.2) is 32.3 Å². The van der Waals surface area contributed by atoms with Crippen LogP contribution < -0.4 is 10.1 Å². The summed E-state index contributed by atoms with van der Waals surface area (Å²) >= 11 is 0. The van der Waals surface area contributed by atoms with Gasteiger partial charge in [-0.3, -0.25) is 4.79 Å². The number of anilines is 1. The number of benzene rings is 3. The molecule has 0 aliphatic heterocycles. The first kappa shape index (κ1) is 25.6. The highest BCUT2D eigenvalue weighted by Crippen LogP contribution is 2.39. The van der Waals surface area contributed by atoms with Gasteiger partial charge in [-0.1, -0.05) is 24.3 Å². The second-order valence-corrected chi connectivity index (χ2v) is 7.20. The van der Waals surface area contributed by atoms with Crippen LogP contribution in [0.25, 0.3) is 22.3 Å². The molecule has 1 N–H and O–H groups in total. The van der Waals surface area contributed by atoms with Crippen molar-refractivity contribution in [2.24, 2.45) is 0 Å². The molecular formula is C24H17F6NO4. The lowest BCUT2D eigenvalue weighted by Crippen LogP contribution is -2.30. The molecule has 0 unspecified atom stereocenters. The van der Waals surface area contributed by atoms with Gasteiger partial charge in [0.25, 0.3) is 0 Å². The third-order valence-electron chi connectivity index (χ3n) is 4.95. The van der Waals surface area contributed by atoms with Gasteiger partial charge < -0.3 is 14.8 Å². The smallest absolute Gasteiger partial charge is 0.471 e. The van der Waals surface area contributed by atoms with Crippen molar-refractivity contribution < 1.29 is 45.4 Å². The van der Waals surface area contributed by atoms with E-state index < -0.39 is 35.5 Å². The van der Waals surface area contributed by atoms with E-state index in [-0.39, 0.29) is 22.4 Å². The number of alkyl halides is 6. The first-order valence-electron chi connectivity index (χ1n) is 9.81. The van der Waals surface area contributed by atoms with E-state index in [9.17, 15) is 35.9 Å². The molecule has 0 heterocycles. The maximum absolute atomic E-state index is 13.2. The quantitative estimate of drug-likeness (QED) is 0.330. The summed E-state index contributed by atoms with van der Waals surface area (Å²) < 4.78 is 88.3. The number of ether oxygens (including phenoxy) is 2. The molecule has 1 amide bonds. The Morgan fingerprint density at radius 1 is 0.800 bits per heavy atom. The molecule has 3 aromatic rings. The Hall–Kier alpha value is -4.02. The molecule has 35 heavy (non-hydrogen) atoms. The molecule has 0 atom stereocenters. The van der Waals surface area contributed by atoms with E-state index >= 15 is 0 Å². The molecule has 0 radical (unpaired) electrons. The number of esters is 1. The van der Waals surface area contributed by atoms with E-state index in [1.165, 1.54) is 43.8 Å². The van der Waals surface area contributed by atoms with Crippen LogP contribution in [0.5, 0.6) is 5.75 Å². The molecule has 0 spiro atoms. The Balaban J connectivity index is 2.23. The normalized spacial score (nSPS) is 11.7. The van der Waals surface area contributed by atoms with Crippen LogP contribution in [0.1, 0.15) is 15.9 Å². The molecule has 3 aromatic carbocycles. The van der Waals surface area contributed by atoms with E-state index in [1.54, 1.807) is 18.2 Å². The molecule has 11 heteroatoms. The van der Waals surface area contributed by atoms with Gasteiger partial charge in [-0.2, -0.15) is 26.3 Å². The number of rotatable bonds is 5. The van der Waals surface area contributed by atoms with Gasteiger partial charge in [-0.25, -0.2) is 4.79 Å². The number of halogens is 6. The maximum atomic E-state index is 13.2. The van der Waals surface area contributed by atoms with E-state index in [0.29, 0.717) is 23.3 Å². The largest absolute Gasteiger partial charge is 0.497 e. The van der Waals surface area contributed by atoms with Crippen molar-refractivity contribution in [3.63, 3.8) is 0 Å². The van der Waals surface area contributed by atoms with Crippen LogP contribution in [0.4, 0.5) is 32.0 Å². The van der Waals surface area contributed by atoms with Crippen LogP contribution in [0.3, 0.4) is 0 Å². The summed E-state index contributed by atoms with van der Waals surface area (Å²) in [6.45, 7) is 0. The Labute approximate surface area is 195 Å². The SMILES string of the molecule is COC(=O)c1ccccc1-c1cc(OC)cc(-c2ccc(C(F)(F)F)cc2NC(=O)C(F)(F)F)c1. The molecule has 5 nitrogen and oxygen atoms in total. The van der Waals surface area contributed by atoms with Crippen molar-refractivity contribution in [2.45, 2.75) is 12.4 Å². The maximum Gasteiger partial charge on any atom is 0.471 e. The summed E-state index contributed by atoms with van der Waals surface area (Å²) in [7, 11) is 2.50. The van der Waals surface area contributed by atoms with Gasteiger partial charge in [-0.05, 0) is 53.1 Å². The predicted octanol–water partition coefficient (Wildman–Crippen LogP) is 6.34. The fourth-order valence-electron chi connectivity index (χ4n) is 3.32. The highest BCUT2D eigenvalue weighted by atomic mass is 19.4. The third kappa shape index (κ3) is 5.73. The average Bonchev–Trinajstić information content (AvgIpc) is 2.82. The minimum atomic E-state index is -5.33. The van der Waals surface area contributed by atoms with Crippen LogP contribution in [0.15, 0.2) is 60.7 Å². The van der Waals surface area contributed by atoms with E-state index in [0.717, 1.165) is 6.07 Å². The van der Waals surface area contributed by atoms with Gasteiger partial charge in [0.05, 0.1) is 25.3 Å². The van der Waals surface area contributed by atoms with Gasteiger partial charge in [0.15, 0.2) is 0 Å². The van der Waals surface area contributed by atoms with E-state index in [1.807, 2.05) is 0 Å². The zero-order chi connectivity index (χ0) is 26.0. The number of carbonyl (C=O) groups excluding carboxylic acids is 2. The minimum absolute atomic E-state index is 0.130. The van der Waals surface area contributed by atoms with Crippen molar-refractivity contribution in [1.82, 2.24) is 0 Å². The van der Waals surface area contributed by atoms with Gasteiger partial charge in [0.1, 0.15) is 5.75 Å². The fourth-order valence-corrected chi connectivity index (χ4v) is 3.32. The molecule has 0 saturated carbocycles. The standard InChI is InChI=1S/C24H17F6NO4/c1-34-16-10-13(17-5-3-4-6-19(17)21(32)35-2)9-14(11-16)18-8-7-15(23(25,26)27)12-20(18)31-22(33)24(28,29)30/h3-12H,1-2H3,(H,31,33). The number of hydrogen-bond acceptors (Lipinski definition) is 4. The van der Waals surface area contributed by atoms with Gasteiger partial charge in [0, 0.05) is 11.3 Å². The van der Waals surface area contributed by atoms with Gasteiger partial charge >= 0.3 is 24.2 Å². The molecule has 0 aliphatic carbocycles. The van der Waals surface area contributed by atoms with Crippen molar-refractivity contribution in [2.75, 3.05) is 19.5 Å². The summed E-state index contributed by atoms with van der Waals surface area (Å²) in [6, 6.07) is 12.7. The van der Waals surface area contributed by atoms with Crippen molar-refractivity contribution in [3.8, 4) is 28.0 Å². The van der Waals surface area contributed by atoms with Crippen LogP contribution in [0.2, 0.25) is 0 Å². The van der Waals surface area contributed by atoms with E-state index in [4.69, 9.17) is 9.47 Å². The second-order valence-electron chi connectivity index (χ2n) is 7.20. The Bertz CT molecular complexity index is 1270. The van der Waals surface area contributed by atoms with Crippen molar-refractivity contribution in [3.05, 3.63) is 71.8 Å². The Morgan fingerprint density at radius 3 is 2.00 bits per heavy atom. The molecule has 0 saturated heterocycles. The highest BCUT2D eigenvalue weighted by molar-refractivity contribution is 6.00. The number of nitrogens with one attached hydrogen (secondary N) is 1. The molecule has 0 aromatic heterocycles. The summed E-state index contributed by atoms with van der Waals surface area (Å²) in [5.41, 5.74) is -1.04. The third-order valence-corrected chi connectivity index (χ3v) is 4.95. The first-order valence-corrected chi connectivity index (χ1v) is 9.81. The molecule has 0 fully saturated rings. The minimum Gasteiger partial charge on any atom is -0.497 e. The monoisotopic (exact) mass is 497 g/mol. The number of amides is 1. The number of carbonyl (C=O) groups is 2. The van der Waals surface area contributed by atoms with E-state index in [2.05, 4.69) is 0 Å². The lowest BCUT2D eigenvalue weighted by Gasteiger charge is -2.17. The Kier molecular flexibility index (Phi) is 7.09. The Morgan fingerprint density at radius 2 is 1.43 bits per heavy atom. The lowest BCUT2D eigenvalue weighted by atomic mass is 9.94. The fraction of sp³-hybridized carbons (Fsp3) is 0.167. The molecular weight excluding hydrogens is 480 g/mol. The second kappa shape index (κ2) is 9.69. The average molecular weight is 497 g/mol. The van der Waals surface area contributed by atoms with Crippen LogP contribution in [-0.2, 0) is 15.7 Å². The lowest BCUT2D eigenvalue weighted by molar-refractivity contribution is -0.167. The molecule has 0 aliphatic rings.